The van der Waals surface area contributed by atoms with Crippen LogP contribution in [0.15, 0.2) is 40.9 Å². The molecule has 0 radical (unpaired) electrons. The van der Waals surface area contributed by atoms with Crippen LogP contribution in [0.4, 0.5) is 4.79 Å². The molecule has 0 unspecified atom stereocenters. The van der Waals surface area contributed by atoms with E-state index in [1.807, 2.05) is 32.0 Å². The van der Waals surface area contributed by atoms with Gasteiger partial charge in [-0.15, -0.1) is 0 Å². The number of esters is 1. The van der Waals surface area contributed by atoms with E-state index in [2.05, 4.69) is 4.98 Å². The molecule has 1 fully saturated rings. The van der Waals surface area contributed by atoms with Gasteiger partial charge in [-0.25, -0.2) is 14.6 Å². The first-order valence-electron chi connectivity index (χ1n) is 10.4. The van der Waals surface area contributed by atoms with Crippen molar-refractivity contribution >= 4 is 23.2 Å². The van der Waals surface area contributed by atoms with Crippen molar-refractivity contribution < 1.29 is 23.5 Å². The van der Waals surface area contributed by atoms with Crippen LogP contribution in [0.2, 0.25) is 0 Å². The number of nitrogens with zero attached hydrogens (tertiary/aromatic N) is 3. The number of methoxy groups -OCH3 is 1. The van der Waals surface area contributed by atoms with Crippen molar-refractivity contribution in [2.45, 2.75) is 38.7 Å². The zero-order chi connectivity index (χ0) is 22.0. The van der Waals surface area contributed by atoms with Crippen molar-refractivity contribution in [3.63, 3.8) is 0 Å². The summed E-state index contributed by atoms with van der Waals surface area (Å²) in [6.07, 6.45) is 2.67. The number of rotatable bonds is 4. The molecule has 0 atom stereocenters. The number of benzene rings is 1. The van der Waals surface area contributed by atoms with Crippen LogP contribution in [0.25, 0.3) is 22.4 Å². The second-order valence-corrected chi connectivity index (χ2v) is 7.85. The van der Waals surface area contributed by atoms with Crippen LogP contribution in [-0.4, -0.2) is 53.2 Å². The molecule has 8 heteroatoms. The summed E-state index contributed by atoms with van der Waals surface area (Å²) in [7, 11) is 1.34. The van der Waals surface area contributed by atoms with Gasteiger partial charge in [-0.1, -0.05) is 0 Å². The average molecular weight is 423 g/mol. The van der Waals surface area contributed by atoms with Gasteiger partial charge in [-0.05, 0) is 57.0 Å². The van der Waals surface area contributed by atoms with E-state index in [0.717, 1.165) is 29.6 Å². The van der Waals surface area contributed by atoms with Crippen molar-refractivity contribution in [2.24, 2.45) is 0 Å². The fourth-order valence-corrected chi connectivity index (χ4v) is 3.67. The van der Waals surface area contributed by atoms with Crippen LogP contribution in [0.3, 0.4) is 0 Å². The largest absolute Gasteiger partial charge is 0.465 e. The molecule has 1 aliphatic heterocycles. The summed E-state index contributed by atoms with van der Waals surface area (Å²) in [4.78, 5) is 34.4. The van der Waals surface area contributed by atoms with Gasteiger partial charge in [0, 0.05) is 30.8 Å². The maximum atomic E-state index is 12.1. The third kappa shape index (κ3) is 4.52. The number of hydrogen-bond donors (Lipinski definition) is 0. The maximum Gasteiger partial charge on any atom is 0.410 e. The van der Waals surface area contributed by atoms with E-state index < -0.39 is 5.97 Å². The van der Waals surface area contributed by atoms with Gasteiger partial charge in [0.2, 0.25) is 0 Å². The van der Waals surface area contributed by atoms with Crippen molar-refractivity contribution in [3.05, 3.63) is 48.0 Å². The predicted molar refractivity (Wildman–Crippen MR) is 114 cm³/mol. The molecule has 1 aliphatic rings. The molecule has 0 spiro atoms. The summed E-state index contributed by atoms with van der Waals surface area (Å²) in [5, 5.41) is 0. The number of likely N-dealkylation sites (tertiary alicyclic amines) is 1. The molecule has 0 bridgehead atoms. The van der Waals surface area contributed by atoms with E-state index in [4.69, 9.17) is 18.9 Å². The minimum atomic E-state index is -0.417. The molecule has 3 aromatic rings. The maximum absolute atomic E-state index is 12.1. The van der Waals surface area contributed by atoms with Gasteiger partial charge in [0.25, 0.3) is 0 Å². The van der Waals surface area contributed by atoms with Gasteiger partial charge < -0.3 is 18.8 Å². The number of aromatic nitrogens is 2. The van der Waals surface area contributed by atoms with E-state index in [1.165, 1.54) is 13.3 Å². The molecule has 2 aromatic heterocycles. The lowest BCUT2D eigenvalue weighted by atomic mass is 9.97. The fourth-order valence-electron chi connectivity index (χ4n) is 3.67. The monoisotopic (exact) mass is 423 g/mol. The van der Waals surface area contributed by atoms with E-state index in [9.17, 15) is 9.59 Å². The average Bonchev–Trinajstić information content (AvgIpc) is 3.21. The highest BCUT2D eigenvalue weighted by Crippen LogP contribution is 2.31. The van der Waals surface area contributed by atoms with Crippen molar-refractivity contribution in [3.8, 4) is 11.3 Å². The molecular weight excluding hydrogens is 398 g/mol. The molecule has 1 amide bonds. The minimum absolute atomic E-state index is 0.123. The SMILES string of the molecule is COC(=O)c1ccc(-c2ccc3oc(C4CCN(C(=O)OC(C)C)CC4)nc3c2)nc1. The van der Waals surface area contributed by atoms with E-state index in [0.29, 0.717) is 30.1 Å². The van der Waals surface area contributed by atoms with Crippen LogP contribution >= 0.6 is 0 Å². The Bertz CT molecular complexity index is 1080. The molecule has 31 heavy (non-hydrogen) atoms. The number of hydrogen-bond acceptors (Lipinski definition) is 7. The topological polar surface area (TPSA) is 94.8 Å². The predicted octanol–water partition coefficient (Wildman–Crippen LogP) is 4.40. The Morgan fingerprint density at radius 1 is 1.16 bits per heavy atom. The first-order chi connectivity index (χ1) is 14.9. The summed E-state index contributed by atoms with van der Waals surface area (Å²) in [5.41, 5.74) is 3.49. The molecule has 8 nitrogen and oxygen atoms in total. The lowest BCUT2D eigenvalue weighted by Crippen LogP contribution is -2.39. The van der Waals surface area contributed by atoms with E-state index in [-0.39, 0.29) is 18.1 Å². The molecule has 1 aromatic carbocycles. The second-order valence-electron chi connectivity index (χ2n) is 7.85. The number of piperidine rings is 1. The van der Waals surface area contributed by atoms with Crippen molar-refractivity contribution in [1.82, 2.24) is 14.9 Å². The zero-order valence-corrected chi connectivity index (χ0v) is 17.8. The van der Waals surface area contributed by atoms with Gasteiger partial charge in [0.15, 0.2) is 11.5 Å². The number of amides is 1. The quantitative estimate of drug-likeness (QED) is 0.574. The smallest absolute Gasteiger partial charge is 0.410 e. The van der Waals surface area contributed by atoms with Crippen LogP contribution < -0.4 is 0 Å². The second kappa shape index (κ2) is 8.75. The number of pyridine rings is 1. The third-order valence-corrected chi connectivity index (χ3v) is 5.32. The van der Waals surface area contributed by atoms with E-state index >= 15 is 0 Å². The van der Waals surface area contributed by atoms with Gasteiger partial charge in [0.1, 0.15) is 5.52 Å². The summed E-state index contributed by atoms with van der Waals surface area (Å²) in [6.45, 7) is 4.94. The number of oxazole rings is 1. The Hall–Kier alpha value is -3.42. The highest BCUT2D eigenvalue weighted by Gasteiger charge is 2.28. The van der Waals surface area contributed by atoms with Crippen molar-refractivity contribution in [2.75, 3.05) is 20.2 Å². The first-order valence-corrected chi connectivity index (χ1v) is 10.4. The first kappa shape index (κ1) is 20.8. The van der Waals surface area contributed by atoms with E-state index in [1.54, 1.807) is 17.0 Å². The Labute approximate surface area is 180 Å². The Balaban J connectivity index is 1.47. The molecule has 162 valence electrons. The fraction of sp³-hybridized carbons (Fsp3) is 0.391. The van der Waals surface area contributed by atoms with Gasteiger partial charge in [-0.2, -0.15) is 0 Å². The standard InChI is InChI=1S/C23H25N3O5/c1-14(2)30-23(28)26-10-8-15(9-11-26)21-25-19-12-16(5-7-20(19)31-21)18-6-4-17(13-24-18)22(27)29-3/h4-7,12-15H,8-11H2,1-3H3. The highest BCUT2D eigenvalue weighted by atomic mass is 16.6. The molecule has 0 saturated carbocycles. The Kier molecular flexibility index (Phi) is 5.88. The minimum Gasteiger partial charge on any atom is -0.465 e. The van der Waals surface area contributed by atoms with Crippen LogP contribution in [0.1, 0.15) is 48.9 Å². The Morgan fingerprint density at radius 3 is 2.58 bits per heavy atom. The van der Waals surface area contributed by atoms with Crippen LogP contribution in [-0.2, 0) is 9.47 Å². The number of fused-ring (bicyclic) bond motifs is 1. The molecule has 0 aliphatic carbocycles. The third-order valence-electron chi connectivity index (χ3n) is 5.32. The lowest BCUT2D eigenvalue weighted by Gasteiger charge is -2.30. The summed E-state index contributed by atoms with van der Waals surface area (Å²) in [5.74, 6) is 0.439. The lowest BCUT2D eigenvalue weighted by molar-refractivity contribution is 0.0599. The summed E-state index contributed by atoms with van der Waals surface area (Å²) >= 11 is 0. The zero-order valence-electron chi connectivity index (χ0n) is 17.8. The van der Waals surface area contributed by atoms with Crippen LogP contribution in [0, 0.1) is 0 Å². The number of ether oxygens (including phenoxy) is 2. The van der Waals surface area contributed by atoms with Gasteiger partial charge >= 0.3 is 12.1 Å². The van der Waals surface area contributed by atoms with Gasteiger partial charge in [-0.3, -0.25) is 4.98 Å². The number of carbonyl (C=O) groups is 2. The number of carbonyl (C=O) groups excluding carboxylic acids is 2. The normalized spacial score (nSPS) is 14.8. The van der Waals surface area contributed by atoms with Crippen molar-refractivity contribution in [1.29, 1.82) is 0 Å². The van der Waals surface area contributed by atoms with Crippen LogP contribution in [0.5, 0.6) is 0 Å². The summed E-state index contributed by atoms with van der Waals surface area (Å²) < 4.78 is 16.0. The molecule has 1 saturated heterocycles. The molecule has 3 heterocycles. The molecule has 0 N–H and O–H groups in total. The molecule has 4 rings (SSSR count). The Morgan fingerprint density at radius 2 is 1.94 bits per heavy atom. The highest BCUT2D eigenvalue weighted by molar-refractivity contribution is 5.89. The molecular formula is C23H25N3O5. The van der Waals surface area contributed by atoms with Gasteiger partial charge in [0.05, 0.1) is 24.5 Å². The summed E-state index contributed by atoms with van der Waals surface area (Å²) in [6, 6.07) is 9.19.